The number of hydrogen-bond acceptors (Lipinski definition) is 8. The standard InChI is InChI=1S/C20H25N5O3/c1-27-17-10-13-14(11-18(17)28-2)22-20(23-19(13)21)25-9-5-6-15(16(25)12-26)24-7-3-4-8-24/h10-11,15H,3-9H2,1-2H3,(H2,21,22,23). The molecular formula is C20H25N5O3. The predicted octanol–water partition coefficient (Wildman–Crippen LogP) is 2.01. The Morgan fingerprint density at radius 2 is 1.79 bits per heavy atom. The molecule has 0 saturated carbocycles. The van der Waals surface area contributed by atoms with Crippen LogP contribution in [0, 0.1) is 0 Å². The molecular weight excluding hydrogens is 358 g/mol. The van der Waals surface area contributed by atoms with E-state index in [2.05, 4.69) is 20.8 Å². The van der Waals surface area contributed by atoms with Crippen molar-refractivity contribution in [2.45, 2.75) is 31.7 Å². The van der Waals surface area contributed by atoms with Crippen molar-refractivity contribution in [3.8, 4) is 11.5 Å². The number of ether oxygens (including phenoxy) is 2. The maximum Gasteiger partial charge on any atom is 0.232 e. The van der Waals surface area contributed by atoms with Crippen LogP contribution in [0.4, 0.5) is 11.8 Å². The maximum absolute atomic E-state index is 11.9. The molecule has 8 nitrogen and oxygen atoms in total. The van der Waals surface area contributed by atoms with Gasteiger partial charge in [-0.3, -0.25) is 4.90 Å². The molecule has 2 fully saturated rings. The molecule has 28 heavy (non-hydrogen) atoms. The zero-order valence-electron chi connectivity index (χ0n) is 16.3. The van der Waals surface area contributed by atoms with E-state index < -0.39 is 0 Å². The van der Waals surface area contributed by atoms with Gasteiger partial charge in [0.15, 0.2) is 11.5 Å². The molecule has 1 aromatic heterocycles. The van der Waals surface area contributed by atoms with Gasteiger partial charge in [-0.2, -0.15) is 4.98 Å². The number of hydrogen-bond donors (Lipinski definition) is 1. The molecule has 2 aliphatic rings. The third kappa shape index (κ3) is 3.15. The van der Waals surface area contributed by atoms with Crippen molar-refractivity contribution in [3.63, 3.8) is 0 Å². The van der Waals surface area contributed by atoms with Gasteiger partial charge in [0.25, 0.3) is 0 Å². The Kier molecular flexibility index (Phi) is 5.07. The highest BCUT2D eigenvalue weighted by Gasteiger charge is 2.34. The number of piperidine rings is 1. The molecule has 0 amide bonds. The van der Waals surface area contributed by atoms with E-state index in [1.165, 1.54) is 12.8 Å². The van der Waals surface area contributed by atoms with Crippen molar-refractivity contribution in [1.82, 2.24) is 14.9 Å². The molecule has 3 heterocycles. The van der Waals surface area contributed by atoms with E-state index in [0.29, 0.717) is 46.4 Å². The smallest absolute Gasteiger partial charge is 0.232 e. The van der Waals surface area contributed by atoms with Crippen LogP contribution in [0.5, 0.6) is 11.5 Å². The lowest BCUT2D eigenvalue weighted by Gasteiger charge is -2.38. The average molecular weight is 383 g/mol. The number of aromatic nitrogens is 2. The van der Waals surface area contributed by atoms with E-state index in [0.717, 1.165) is 25.9 Å². The SMILES string of the molecule is COc1cc2nc(N3CCCC(N4CCCC4)C3=C=O)nc(N)c2cc1OC. The molecule has 0 radical (unpaired) electrons. The highest BCUT2D eigenvalue weighted by Crippen LogP contribution is 2.35. The Hall–Kier alpha value is -2.83. The van der Waals surface area contributed by atoms with E-state index in [1.54, 1.807) is 26.4 Å². The Labute approximate surface area is 163 Å². The number of benzene rings is 1. The molecule has 2 N–H and O–H groups in total. The van der Waals surface area contributed by atoms with Gasteiger partial charge in [-0.05, 0) is 44.8 Å². The fraction of sp³-hybridized carbons (Fsp3) is 0.500. The molecule has 2 saturated heterocycles. The number of likely N-dealkylation sites (tertiary alicyclic amines) is 1. The second-order valence-corrected chi connectivity index (χ2v) is 7.17. The summed E-state index contributed by atoms with van der Waals surface area (Å²) in [5, 5.41) is 0.686. The van der Waals surface area contributed by atoms with E-state index in [9.17, 15) is 4.79 Å². The van der Waals surface area contributed by atoms with Crippen molar-refractivity contribution in [2.75, 3.05) is 44.5 Å². The topological polar surface area (TPSA) is 93.8 Å². The Bertz CT molecular complexity index is 935. The molecule has 2 aliphatic heterocycles. The number of nitrogens with two attached hydrogens (primary N) is 1. The van der Waals surface area contributed by atoms with Gasteiger partial charge in [-0.25, -0.2) is 9.78 Å². The van der Waals surface area contributed by atoms with Gasteiger partial charge in [0.05, 0.1) is 25.8 Å². The lowest BCUT2D eigenvalue weighted by molar-refractivity contribution is 0.244. The molecule has 4 rings (SSSR count). The number of nitrogens with zero attached hydrogens (tertiary/aromatic N) is 4. The van der Waals surface area contributed by atoms with Crippen molar-refractivity contribution < 1.29 is 14.3 Å². The molecule has 0 bridgehead atoms. The van der Waals surface area contributed by atoms with Crippen LogP contribution in [0.3, 0.4) is 0 Å². The van der Waals surface area contributed by atoms with E-state index in [-0.39, 0.29) is 6.04 Å². The summed E-state index contributed by atoms with van der Waals surface area (Å²) in [7, 11) is 3.15. The zero-order valence-corrected chi connectivity index (χ0v) is 16.3. The summed E-state index contributed by atoms with van der Waals surface area (Å²) in [5.41, 5.74) is 7.48. The van der Waals surface area contributed by atoms with Crippen LogP contribution in [0.25, 0.3) is 10.9 Å². The Morgan fingerprint density at radius 3 is 2.46 bits per heavy atom. The largest absolute Gasteiger partial charge is 0.493 e. The third-order valence-electron chi connectivity index (χ3n) is 5.61. The lowest BCUT2D eigenvalue weighted by atomic mass is 10.0. The summed E-state index contributed by atoms with van der Waals surface area (Å²) < 4.78 is 10.7. The summed E-state index contributed by atoms with van der Waals surface area (Å²) in [5.74, 6) is 4.08. The molecule has 1 unspecified atom stereocenters. The minimum Gasteiger partial charge on any atom is -0.493 e. The normalized spacial score (nSPS) is 20.4. The van der Waals surface area contributed by atoms with Gasteiger partial charge in [0.1, 0.15) is 17.5 Å². The van der Waals surface area contributed by atoms with Crippen molar-refractivity contribution in [3.05, 3.63) is 17.8 Å². The van der Waals surface area contributed by atoms with Crippen LogP contribution >= 0.6 is 0 Å². The van der Waals surface area contributed by atoms with Crippen molar-refractivity contribution >= 4 is 28.6 Å². The summed E-state index contributed by atoms with van der Waals surface area (Å²) in [6.07, 6.45) is 4.25. The fourth-order valence-electron chi connectivity index (χ4n) is 4.21. The van der Waals surface area contributed by atoms with Gasteiger partial charge in [0, 0.05) is 18.0 Å². The molecule has 1 atom stereocenters. The Morgan fingerprint density at radius 1 is 1.07 bits per heavy atom. The van der Waals surface area contributed by atoms with Crippen LogP contribution in [-0.4, -0.2) is 60.7 Å². The Balaban J connectivity index is 1.76. The van der Waals surface area contributed by atoms with Crippen LogP contribution in [0.2, 0.25) is 0 Å². The number of carbonyl (C=O) groups excluding carboxylic acids is 1. The molecule has 8 heteroatoms. The van der Waals surface area contributed by atoms with Crippen molar-refractivity contribution in [2.24, 2.45) is 0 Å². The first-order valence-corrected chi connectivity index (χ1v) is 9.62. The molecule has 1 aromatic carbocycles. The quantitative estimate of drug-likeness (QED) is 0.802. The summed E-state index contributed by atoms with van der Waals surface area (Å²) in [6.45, 7) is 2.70. The van der Waals surface area contributed by atoms with Crippen LogP contribution < -0.4 is 20.1 Å². The highest BCUT2D eigenvalue weighted by molar-refractivity contribution is 5.92. The number of fused-ring (bicyclic) bond motifs is 1. The number of rotatable bonds is 4. The van der Waals surface area contributed by atoms with Crippen LogP contribution in [0.15, 0.2) is 17.8 Å². The minimum atomic E-state index is 0.0691. The van der Waals surface area contributed by atoms with Gasteiger partial charge in [-0.1, -0.05) is 0 Å². The van der Waals surface area contributed by atoms with Crippen LogP contribution in [0.1, 0.15) is 25.7 Å². The van der Waals surface area contributed by atoms with Gasteiger partial charge < -0.3 is 20.1 Å². The monoisotopic (exact) mass is 383 g/mol. The maximum atomic E-state index is 11.9. The minimum absolute atomic E-state index is 0.0691. The molecule has 0 spiro atoms. The summed E-state index contributed by atoms with van der Waals surface area (Å²) in [4.78, 5) is 25.3. The number of anilines is 2. The molecule has 2 aromatic rings. The van der Waals surface area contributed by atoms with E-state index >= 15 is 0 Å². The second-order valence-electron chi connectivity index (χ2n) is 7.17. The molecule has 148 valence electrons. The van der Waals surface area contributed by atoms with E-state index in [1.807, 2.05) is 4.90 Å². The first-order valence-electron chi connectivity index (χ1n) is 9.62. The van der Waals surface area contributed by atoms with Crippen LogP contribution in [-0.2, 0) is 4.79 Å². The fourth-order valence-corrected chi connectivity index (χ4v) is 4.21. The lowest BCUT2D eigenvalue weighted by Crippen LogP contribution is -2.46. The second kappa shape index (κ2) is 7.66. The summed E-state index contributed by atoms with van der Waals surface area (Å²) >= 11 is 0. The number of methoxy groups -OCH3 is 2. The van der Waals surface area contributed by atoms with Gasteiger partial charge >= 0.3 is 0 Å². The van der Waals surface area contributed by atoms with Crippen molar-refractivity contribution in [1.29, 1.82) is 0 Å². The molecule has 0 aliphatic carbocycles. The number of nitrogen functional groups attached to an aromatic ring is 1. The van der Waals surface area contributed by atoms with Gasteiger partial charge in [-0.15, -0.1) is 0 Å². The third-order valence-corrected chi connectivity index (χ3v) is 5.61. The van der Waals surface area contributed by atoms with Gasteiger partial charge in [0.2, 0.25) is 5.95 Å². The van der Waals surface area contributed by atoms with E-state index in [4.69, 9.17) is 15.2 Å². The zero-order chi connectivity index (χ0) is 19.7. The first-order chi connectivity index (χ1) is 13.7. The summed E-state index contributed by atoms with van der Waals surface area (Å²) in [6, 6.07) is 3.62. The highest BCUT2D eigenvalue weighted by atomic mass is 16.5. The predicted molar refractivity (Wildman–Crippen MR) is 107 cm³/mol. The average Bonchev–Trinajstić information content (AvgIpc) is 3.26. The first kappa shape index (κ1) is 18.5.